The zero-order chi connectivity index (χ0) is 19.6. The Hall–Kier alpha value is -2.70. The average Bonchev–Trinajstić information content (AvgIpc) is 2.88. The van der Waals surface area contributed by atoms with Gasteiger partial charge in [0.25, 0.3) is 5.91 Å². The van der Waals surface area contributed by atoms with Crippen LogP contribution in [0.4, 0.5) is 4.79 Å². The molecule has 2 aromatic rings. The molecule has 1 aliphatic rings. The minimum absolute atomic E-state index is 0.158. The van der Waals surface area contributed by atoms with Crippen LogP contribution in [-0.4, -0.2) is 31.0 Å². The highest BCUT2D eigenvalue weighted by atomic mass is 35.5. The molecule has 0 saturated carbocycles. The van der Waals surface area contributed by atoms with Crippen molar-refractivity contribution in [3.8, 4) is 11.5 Å². The molecule has 27 heavy (non-hydrogen) atoms. The van der Waals surface area contributed by atoms with E-state index in [1.165, 1.54) is 20.2 Å². The summed E-state index contributed by atoms with van der Waals surface area (Å²) in [6.45, 7) is 0.218. The van der Waals surface area contributed by atoms with Crippen LogP contribution in [0, 0.1) is 0 Å². The summed E-state index contributed by atoms with van der Waals surface area (Å²) in [5.41, 5.74) is 1.55. The molecule has 2 aromatic carbocycles. The zero-order valence-corrected chi connectivity index (χ0v) is 16.1. The molecule has 0 unspecified atom stereocenters. The molecule has 0 aliphatic carbocycles. The van der Waals surface area contributed by atoms with Gasteiger partial charge in [-0.3, -0.25) is 9.69 Å². The predicted molar refractivity (Wildman–Crippen MR) is 103 cm³/mol. The fraction of sp³-hybridized carbons (Fsp3) is 0.158. The van der Waals surface area contributed by atoms with Gasteiger partial charge in [-0.2, -0.15) is 0 Å². The van der Waals surface area contributed by atoms with E-state index in [9.17, 15) is 9.59 Å². The summed E-state index contributed by atoms with van der Waals surface area (Å²) >= 11 is 12.5. The Bertz CT molecular complexity index is 943. The fourth-order valence-corrected chi connectivity index (χ4v) is 2.98. The molecule has 0 bridgehead atoms. The van der Waals surface area contributed by atoms with Crippen molar-refractivity contribution >= 4 is 41.2 Å². The van der Waals surface area contributed by atoms with Crippen molar-refractivity contribution in [3.63, 3.8) is 0 Å². The van der Waals surface area contributed by atoms with Crippen molar-refractivity contribution < 1.29 is 19.1 Å². The lowest BCUT2D eigenvalue weighted by Crippen LogP contribution is -2.25. The van der Waals surface area contributed by atoms with Crippen molar-refractivity contribution in [2.75, 3.05) is 14.2 Å². The Kier molecular flexibility index (Phi) is 5.58. The first-order valence-corrected chi connectivity index (χ1v) is 8.70. The molecule has 3 rings (SSSR count). The van der Waals surface area contributed by atoms with Crippen LogP contribution in [0.15, 0.2) is 42.1 Å². The van der Waals surface area contributed by atoms with Gasteiger partial charge >= 0.3 is 6.03 Å². The summed E-state index contributed by atoms with van der Waals surface area (Å²) in [7, 11) is 2.89. The molecule has 1 heterocycles. The number of benzene rings is 2. The number of likely N-dealkylation sites (N-methyl/N-ethyl adjacent to an activating group) is 1. The topological polar surface area (TPSA) is 67.9 Å². The first kappa shape index (κ1) is 19.1. The molecule has 0 atom stereocenters. The summed E-state index contributed by atoms with van der Waals surface area (Å²) in [4.78, 5) is 24.5. The van der Waals surface area contributed by atoms with Gasteiger partial charge in [-0.05, 0) is 29.8 Å². The van der Waals surface area contributed by atoms with Crippen LogP contribution in [0.5, 0.6) is 11.5 Å². The van der Waals surface area contributed by atoms with E-state index in [2.05, 4.69) is 5.32 Å². The Balaban J connectivity index is 1.87. The molecular formula is C19H16Cl2N2O4. The van der Waals surface area contributed by atoms with E-state index in [0.29, 0.717) is 27.1 Å². The zero-order valence-electron chi connectivity index (χ0n) is 14.6. The van der Waals surface area contributed by atoms with Gasteiger partial charge in [-0.25, -0.2) is 4.79 Å². The highest BCUT2D eigenvalue weighted by Gasteiger charge is 2.30. The molecule has 1 fully saturated rings. The van der Waals surface area contributed by atoms with Gasteiger partial charge in [0.1, 0.15) is 12.3 Å². The van der Waals surface area contributed by atoms with Gasteiger partial charge < -0.3 is 14.8 Å². The number of nitrogens with zero attached hydrogens (tertiary/aromatic N) is 1. The molecule has 0 radical (unpaired) electrons. The Morgan fingerprint density at radius 2 is 1.89 bits per heavy atom. The lowest BCUT2D eigenvalue weighted by atomic mass is 10.1. The standard InChI is InChI=1S/C19H16Cl2N2O4/c1-23-18(24)15(22-19(23)25)8-11-7-14(21)17(16(9-11)26-2)27-10-12-5-3-4-6-13(12)20/h3-9H,10H2,1-2H3,(H,22,25)/b15-8+. The number of urea groups is 1. The summed E-state index contributed by atoms with van der Waals surface area (Å²) < 4.78 is 11.2. The number of rotatable bonds is 5. The van der Waals surface area contributed by atoms with E-state index in [0.717, 1.165) is 10.5 Å². The molecule has 8 heteroatoms. The Morgan fingerprint density at radius 1 is 1.15 bits per heavy atom. The van der Waals surface area contributed by atoms with E-state index >= 15 is 0 Å². The van der Waals surface area contributed by atoms with Crippen LogP contribution in [0.25, 0.3) is 6.08 Å². The SMILES string of the molecule is COc1cc(/C=C2/NC(=O)N(C)C2=O)cc(Cl)c1OCc1ccccc1Cl. The molecule has 1 saturated heterocycles. The number of imide groups is 1. The number of hydrogen-bond acceptors (Lipinski definition) is 4. The van der Waals surface area contributed by atoms with Crippen LogP contribution < -0.4 is 14.8 Å². The molecule has 0 aromatic heterocycles. The third kappa shape index (κ3) is 4.02. The minimum Gasteiger partial charge on any atom is -0.493 e. The van der Waals surface area contributed by atoms with E-state index in [-0.39, 0.29) is 12.3 Å². The number of ether oxygens (including phenoxy) is 2. The number of carbonyl (C=O) groups excluding carboxylic acids is 2. The van der Waals surface area contributed by atoms with Crippen molar-refractivity contribution in [3.05, 3.63) is 63.3 Å². The van der Waals surface area contributed by atoms with Crippen LogP contribution in [-0.2, 0) is 11.4 Å². The second kappa shape index (κ2) is 7.90. The van der Waals surface area contributed by atoms with E-state index in [1.807, 2.05) is 18.2 Å². The first-order chi connectivity index (χ1) is 12.9. The monoisotopic (exact) mass is 406 g/mol. The Morgan fingerprint density at radius 3 is 2.52 bits per heavy atom. The average molecular weight is 407 g/mol. The van der Waals surface area contributed by atoms with E-state index < -0.39 is 11.9 Å². The van der Waals surface area contributed by atoms with Gasteiger partial charge in [0.05, 0.1) is 12.1 Å². The lowest BCUT2D eigenvalue weighted by molar-refractivity contribution is -0.121. The van der Waals surface area contributed by atoms with Crippen LogP contribution >= 0.6 is 23.2 Å². The van der Waals surface area contributed by atoms with E-state index in [1.54, 1.807) is 18.2 Å². The van der Waals surface area contributed by atoms with Gasteiger partial charge in [0.2, 0.25) is 0 Å². The van der Waals surface area contributed by atoms with E-state index in [4.69, 9.17) is 32.7 Å². The van der Waals surface area contributed by atoms with Crippen LogP contribution in [0.1, 0.15) is 11.1 Å². The maximum Gasteiger partial charge on any atom is 0.328 e. The minimum atomic E-state index is -0.482. The summed E-state index contributed by atoms with van der Waals surface area (Å²) in [6, 6.07) is 10.1. The maximum absolute atomic E-state index is 12.0. The smallest absolute Gasteiger partial charge is 0.328 e. The molecule has 140 valence electrons. The van der Waals surface area contributed by atoms with Crippen molar-refractivity contribution in [1.29, 1.82) is 0 Å². The molecule has 0 spiro atoms. The second-order valence-electron chi connectivity index (χ2n) is 5.77. The number of methoxy groups -OCH3 is 1. The Labute approximate surface area is 166 Å². The van der Waals surface area contributed by atoms with Gasteiger partial charge in [-0.15, -0.1) is 0 Å². The third-order valence-electron chi connectivity index (χ3n) is 3.97. The van der Waals surface area contributed by atoms with Gasteiger partial charge in [-0.1, -0.05) is 41.4 Å². The molecule has 3 amide bonds. The quantitative estimate of drug-likeness (QED) is 0.599. The molecule has 1 N–H and O–H groups in total. The highest BCUT2D eigenvalue weighted by molar-refractivity contribution is 6.32. The lowest BCUT2D eigenvalue weighted by Gasteiger charge is -2.14. The van der Waals surface area contributed by atoms with Crippen molar-refractivity contribution in [1.82, 2.24) is 10.2 Å². The molecule has 6 nitrogen and oxygen atoms in total. The summed E-state index contributed by atoms with van der Waals surface area (Å²) in [6.07, 6.45) is 1.52. The largest absolute Gasteiger partial charge is 0.493 e. The van der Waals surface area contributed by atoms with Crippen molar-refractivity contribution in [2.45, 2.75) is 6.61 Å². The molecule has 1 aliphatic heterocycles. The van der Waals surface area contributed by atoms with Crippen LogP contribution in [0.3, 0.4) is 0 Å². The normalized spacial score (nSPS) is 15.3. The highest BCUT2D eigenvalue weighted by Crippen LogP contribution is 2.38. The van der Waals surface area contributed by atoms with Gasteiger partial charge in [0, 0.05) is 17.6 Å². The third-order valence-corrected chi connectivity index (χ3v) is 4.62. The van der Waals surface area contributed by atoms with Crippen molar-refractivity contribution in [2.24, 2.45) is 0 Å². The number of hydrogen-bond donors (Lipinski definition) is 1. The fourth-order valence-electron chi connectivity index (χ4n) is 2.52. The summed E-state index contributed by atoms with van der Waals surface area (Å²) in [5, 5.41) is 3.39. The maximum atomic E-state index is 12.0. The number of amides is 3. The predicted octanol–water partition coefficient (Wildman–Crippen LogP) is 4.10. The molecular weight excluding hydrogens is 391 g/mol. The number of halogens is 2. The number of nitrogens with one attached hydrogen (secondary N) is 1. The summed E-state index contributed by atoms with van der Waals surface area (Å²) in [5.74, 6) is 0.334. The number of carbonyl (C=O) groups is 2. The van der Waals surface area contributed by atoms with Crippen LogP contribution in [0.2, 0.25) is 10.0 Å². The van der Waals surface area contributed by atoms with Gasteiger partial charge in [0.15, 0.2) is 11.5 Å². The second-order valence-corrected chi connectivity index (χ2v) is 6.58. The first-order valence-electron chi connectivity index (χ1n) is 7.95.